The highest BCUT2D eigenvalue weighted by atomic mass is 16.5. The molecule has 2 aromatic rings. The minimum Gasteiger partial charge on any atom is -0.421 e. The average molecular weight is 357 g/mol. The van der Waals surface area contributed by atoms with Gasteiger partial charge in [-0.15, -0.1) is 10.2 Å². The highest BCUT2D eigenvalue weighted by Gasteiger charge is 2.31. The molecule has 2 atom stereocenters. The SMILES string of the molecule is CN(C)c1cc(CN2CCCC[C@H]2c2nnc([C@H]3CCCO3)o2)ccn1. The van der Waals surface area contributed by atoms with Crippen molar-refractivity contribution >= 4 is 5.82 Å². The molecular formula is C19H27N5O2. The molecule has 0 saturated carbocycles. The van der Waals surface area contributed by atoms with Crippen molar-refractivity contribution in [2.24, 2.45) is 0 Å². The van der Waals surface area contributed by atoms with Crippen molar-refractivity contribution < 1.29 is 9.15 Å². The van der Waals surface area contributed by atoms with Crippen LogP contribution in [0.25, 0.3) is 0 Å². The first kappa shape index (κ1) is 17.4. The van der Waals surface area contributed by atoms with Gasteiger partial charge in [0.2, 0.25) is 11.8 Å². The summed E-state index contributed by atoms with van der Waals surface area (Å²) in [4.78, 5) is 8.89. The average Bonchev–Trinajstić information content (AvgIpc) is 3.34. The number of aromatic nitrogens is 3. The maximum Gasteiger partial charge on any atom is 0.245 e. The molecule has 0 unspecified atom stereocenters. The third kappa shape index (κ3) is 3.73. The first-order valence-corrected chi connectivity index (χ1v) is 9.52. The molecule has 0 N–H and O–H groups in total. The van der Waals surface area contributed by atoms with Gasteiger partial charge in [0.15, 0.2) is 0 Å². The number of pyridine rings is 1. The molecule has 0 bridgehead atoms. The maximum absolute atomic E-state index is 6.03. The lowest BCUT2D eigenvalue weighted by Crippen LogP contribution is -2.33. The van der Waals surface area contributed by atoms with Crippen molar-refractivity contribution in [3.05, 3.63) is 35.7 Å². The van der Waals surface area contributed by atoms with E-state index in [4.69, 9.17) is 9.15 Å². The van der Waals surface area contributed by atoms with Crippen LogP contribution in [0.15, 0.2) is 22.7 Å². The van der Waals surface area contributed by atoms with Crippen LogP contribution >= 0.6 is 0 Å². The molecule has 0 aliphatic carbocycles. The lowest BCUT2D eigenvalue weighted by Gasteiger charge is -2.33. The summed E-state index contributed by atoms with van der Waals surface area (Å²) in [6, 6.07) is 4.42. The van der Waals surface area contributed by atoms with Gasteiger partial charge in [-0.25, -0.2) is 4.98 Å². The molecule has 2 saturated heterocycles. The van der Waals surface area contributed by atoms with E-state index >= 15 is 0 Å². The van der Waals surface area contributed by atoms with Gasteiger partial charge in [0.05, 0.1) is 6.04 Å². The summed E-state index contributed by atoms with van der Waals surface area (Å²) in [7, 11) is 4.03. The van der Waals surface area contributed by atoms with E-state index in [9.17, 15) is 0 Å². The van der Waals surface area contributed by atoms with E-state index in [0.29, 0.717) is 5.89 Å². The summed E-state index contributed by atoms with van der Waals surface area (Å²) in [5, 5.41) is 8.63. The molecule has 2 aromatic heterocycles. The Labute approximate surface area is 154 Å². The lowest BCUT2D eigenvalue weighted by atomic mass is 10.0. The van der Waals surface area contributed by atoms with Gasteiger partial charge in [-0.2, -0.15) is 0 Å². The van der Waals surface area contributed by atoms with Crippen molar-refractivity contribution in [2.75, 3.05) is 32.1 Å². The van der Waals surface area contributed by atoms with Gasteiger partial charge in [0.25, 0.3) is 0 Å². The zero-order chi connectivity index (χ0) is 17.9. The largest absolute Gasteiger partial charge is 0.421 e. The summed E-state index contributed by atoms with van der Waals surface area (Å²) in [6.45, 7) is 2.70. The summed E-state index contributed by atoms with van der Waals surface area (Å²) >= 11 is 0. The molecule has 4 rings (SSSR count). The van der Waals surface area contributed by atoms with Crippen LogP contribution < -0.4 is 4.90 Å². The van der Waals surface area contributed by atoms with Gasteiger partial charge in [-0.05, 0) is 49.9 Å². The van der Waals surface area contributed by atoms with Crippen molar-refractivity contribution in [3.8, 4) is 0 Å². The van der Waals surface area contributed by atoms with Gasteiger partial charge in [0.1, 0.15) is 11.9 Å². The van der Waals surface area contributed by atoms with E-state index in [-0.39, 0.29) is 12.1 Å². The Bertz CT molecular complexity index is 726. The Morgan fingerprint density at radius 2 is 2.04 bits per heavy atom. The summed E-state index contributed by atoms with van der Waals surface area (Å²) in [6.07, 6.45) is 7.35. The van der Waals surface area contributed by atoms with Gasteiger partial charge < -0.3 is 14.1 Å². The third-order valence-corrected chi connectivity index (χ3v) is 5.21. The second-order valence-electron chi connectivity index (χ2n) is 7.38. The van der Waals surface area contributed by atoms with Crippen molar-refractivity contribution in [1.82, 2.24) is 20.1 Å². The summed E-state index contributed by atoms with van der Waals surface area (Å²) < 4.78 is 11.7. The number of hydrogen-bond donors (Lipinski definition) is 0. The molecular weight excluding hydrogens is 330 g/mol. The van der Waals surface area contributed by atoms with E-state index in [2.05, 4.69) is 32.2 Å². The number of hydrogen-bond acceptors (Lipinski definition) is 7. The number of nitrogens with zero attached hydrogens (tertiary/aromatic N) is 5. The molecule has 4 heterocycles. The van der Waals surface area contributed by atoms with Crippen LogP contribution in [-0.2, 0) is 11.3 Å². The van der Waals surface area contributed by atoms with Crippen LogP contribution in [0, 0.1) is 0 Å². The summed E-state index contributed by atoms with van der Waals surface area (Å²) in [5.74, 6) is 2.36. The fourth-order valence-corrected chi connectivity index (χ4v) is 3.78. The maximum atomic E-state index is 6.03. The van der Waals surface area contributed by atoms with E-state index in [1.807, 2.05) is 25.2 Å². The fraction of sp³-hybridized carbons (Fsp3) is 0.632. The second kappa shape index (κ2) is 7.72. The Balaban J connectivity index is 1.50. The zero-order valence-corrected chi connectivity index (χ0v) is 15.6. The van der Waals surface area contributed by atoms with E-state index in [0.717, 1.165) is 50.7 Å². The van der Waals surface area contributed by atoms with Crippen molar-refractivity contribution in [1.29, 1.82) is 0 Å². The molecule has 140 valence electrons. The van der Waals surface area contributed by atoms with E-state index in [1.165, 1.54) is 18.4 Å². The molecule has 7 heteroatoms. The van der Waals surface area contributed by atoms with Crippen molar-refractivity contribution in [3.63, 3.8) is 0 Å². The molecule has 2 fully saturated rings. The predicted octanol–water partition coefficient (Wildman–Crippen LogP) is 3.11. The Morgan fingerprint density at radius 1 is 1.15 bits per heavy atom. The van der Waals surface area contributed by atoms with E-state index < -0.39 is 0 Å². The number of anilines is 1. The second-order valence-corrected chi connectivity index (χ2v) is 7.38. The Kier molecular flexibility index (Phi) is 5.17. The normalized spacial score (nSPS) is 24.1. The van der Waals surface area contributed by atoms with Gasteiger partial charge in [-0.3, -0.25) is 4.90 Å². The molecule has 0 aromatic carbocycles. The number of rotatable bonds is 5. The van der Waals surface area contributed by atoms with E-state index in [1.54, 1.807) is 0 Å². The number of piperidine rings is 1. The monoisotopic (exact) mass is 357 g/mol. The zero-order valence-electron chi connectivity index (χ0n) is 15.6. The molecule has 0 spiro atoms. The summed E-state index contributed by atoms with van der Waals surface area (Å²) in [5.41, 5.74) is 1.26. The minimum atomic E-state index is -0.0175. The minimum absolute atomic E-state index is 0.0175. The molecule has 2 aliphatic heterocycles. The topological polar surface area (TPSA) is 67.5 Å². The standard InChI is InChI=1S/C19H27N5O2/c1-23(2)17-12-14(8-9-20-17)13-24-10-4-3-6-15(24)18-21-22-19(26-18)16-7-5-11-25-16/h8-9,12,15-16H,3-7,10-11,13H2,1-2H3/t15-,16+/m0/s1. The van der Waals surface area contributed by atoms with Crippen LogP contribution in [-0.4, -0.2) is 47.3 Å². The predicted molar refractivity (Wildman–Crippen MR) is 97.8 cm³/mol. The molecule has 0 radical (unpaired) electrons. The van der Waals surface area contributed by atoms with Crippen LogP contribution in [0.1, 0.15) is 61.6 Å². The van der Waals surface area contributed by atoms with Gasteiger partial charge in [0, 0.05) is 33.4 Å². The van der Waals surface area contributed by atoms with Crippen LogP contribution in [0.4, 0.5) is 5.82 Å². The Morgan fingerprint density at radius 3 is 2.85 bits per heavy atom. The first-order chi connectivity index (χ1) is 12.7. The van der Waals surface area contributed by atoms with Gasteiger partial charge >= 0.3 is 0 Å². The fourth-order valence-electron chi connectivity index (χ4n) is 3.78. The molecule has 26 heavy (non-hydrogen) atoms. The number of likely N-dealkylation sites (tertiary alicyclic amines) is 1. The third-order valence-electron chi connectivity index (χ3n) is 5.21. The highest BCUT2D eigenvalue weighted by molar-refractivity contribution is 5.39. The smallest absolute Gasteiger partial charge is 0.245 e. The molecule has 7 nitrogen and oxygen atoms in total. The number of ether oxygens (including phenoxy) is 1. The van der Waals surface area contributed by atoms with Crippen LogP contribution in [0.5, 0.6) is 0 Å². The first-order valence-electron chi connectivity index (χ1n) is 9.52. The molecule has 0 amide bonds. The quantitative estimate of drug-likeness (QED) is 0.814. The lowest BCUT2D eigenvalue weighted by molar-refractivity contribution is 0.0795. The van der Waals surface area contributed by atoms with Crippen LogP contribution in [0.2, 0.25) is 0 Å². The van der Waals surface area contributed by atoms with Gasteiger partial charge in [-0.1, -0.05) is 6.42 Å². The highest BCUT2D eigenvalue weighted by Crippen LogP contribution is 2.34. The van der Waals surface area contributed by atoms with Crippen molar-refractivity contribution in [2.45, 2.75) is 50.8 Å². The molecule has 2 aliphatic rings. The van der Waals surface area contributed by atoms with Crippen LogP contribution in [0.3, 0.4) is 0 Å². The Hall–Kier alpha value is -1.99.